The predicted molar refractivity (Wildman–Crippen MR) is 105 cm³/mol. The van der Waals surface area contributed by atoms with Crippen molar-refractivity contribution in [3.63, 3.8) is 0 Å². The molecule has 3 rings (SSSR count). The number of amides is 1. The fourth-order valence-corrected chi connectivity index (χ4v) is 4.38. The van der Waals surface area contributed by atoms with Crippen molar-refractivity contribution in [2.24, 2.45) is 0 Å². The Hall–Kier alpha value is -3.01. The third-order valence-electron chi connectivity index (χ3n) is 4.54. The summed E-state index contributed by atoms with van der Waals surface area (Å²) in [5, 5.41) is 0.986. The van der Waals surface area contributed by atoms with Gasteiger partial charge in [-0.2, -0.15) is 13.2 Å². The zero-order valence-electron chi connectivity index (χ0n) is 16.0. The fourth-order valence-electron chi connectivity index (χ4n) is 3.11. The molecule has 0 spiro atoms. The summed E-state index contributed by atoms with van der Waals surface area (Å²) < 4.78 is 73.7. The van der Waals surface area contributed by atoms with Crippen molar-refractivity contribution < 1.29 is 35.9 Å². The van der Waals surface area contributed by atoms with E-state index in [1.54, 1.807) is 0 Å². The largest absolute Gasteiger partial charge is 0.497 e. The average molecular weight is 441 g/mol. The molecule has 0 radical (unpaired) electrons. The molecule has 1 amide bonds. The van der Waals surface area contributed by atoms with Crippen LogP contribution in [0.25, 0.3) is 0 Å². The van der Waals surface area contributed by atoms with Gasteiger partial charge in [0.25, 0.3) is 5.91 Å². The van der Waals surface area contributed by atoms with E-state index < -0.39 is 39.3 Å². The van der Waals surface area contributed by atoms with Crippen LogP contribution in [0.15, 0.2) is 53.9 Å². The van der Waals surface area contributed by atoms with E-state index in [-0.39, 0.29) is 17.0 Å². The highest BCUT2D eigenvalue weighted by molar-refractivity contribution is 7.94. The number of alkyl halides is 3. The minimum atomic E-state index is -4.63. The summed E-state index contributed by atoms with van der Waals surface area (Å²) in [6, 6.07) is 7.57. The summed E-state index contributed by atoms with van der Waals surface area (Å²) in [6.07, 6.45) is -3.31. The smallest absolute Gasteiger partial charge is 0.416 e. The SMILES string of the molecule is COc1ccc(N(C(=O)c2cccc(C(F)(F)F)c2)[C@@H]2C=CS(=O)(=O)C2)c(OC)c1. The number of ether oxygens (including phenoxy) is 2. The first-order chi connectivity index (χ1) is 14.1. The summed E-state index contributed by atoms with van der Waals surface area (Å²) in [7, 11) is -0.758. The number of methoxy groups -OCH3 is 2. The van der Waals surface area contributed by atoms with Gasteiger partial charge in [-0.05, 0) is 36.4 Å². The van der Waals surface area contributed by atoms with E-state index in [0.717, 1.165) is 28.5 Å². The summed E-state index contributed by atoms with van der Waals surface area (Å²) in [5.74, 6) is -0.562. The molecule has 0 N–H and O–H groups in total. The van der Waals surface area contributed by atoms with E-state index in [1.807, 2.05) is 0 Å². The Morgan fingerprint density at radius 1 is 1.10 bits per heavy atom. The highest BCUT2D eigenvalue weighted by Gasteiger charge is 2.35. The van der Waals surface area contributed by atoms with E-state index >= 15 is 0 Å². The monoisotopic (exact) mass is 441 g/mol. The number of anilines is 1. The molecular formula is C20H18F3NO5S. The van der Waals surface area contributed by atoms with Gasteiger partial charge in [0, 0.05) is 17.0 Å². The van der Waals surface area contributed by atoms with Crippen LogP contribution in [0, 0.1) is 0 Å². The number of sulfone groups is 1. The van der Waals surface area contributed by atoms with Gasteiger partial charge in [0.05, 0.1) is 37.3 Å². The first-order valence-electron chi connectivity index (χ1n) is 8.69. The molecule has 0 fully saturated rings. The van der Waals surface area contributed by atoms with Crippen LogP contribution in [0.3, 0.4) is 0 Å². The summed E-state index contributed by atoms with van der Waals surface area (Å²) in [6.45, 7) is 0. The fraction of sp³-hybridized carbons (Fsp3) is 0.250. The second-order valence-corrected chi connectivity index (χ2v) is 8.45. The third kappa shape index (κ3) is 4.43. The maximum Gasteiger partial charge on any atom is 0.416 e. The number of carbonyl (C=O) groups is 1. The van der Waals surface area contributed by atoms with Gasteiger partial charge in [0.1, 0.15) is 11.5 Å². The van der Waals surface area contributed by atoms with Gasteiger partial charge in [-0.15, -0.1) is 0 Å². The number of hydrogen-bond donors (Lipinski definition) is 0. The Balaban J connectivity index is 2.12. The quantitative estimate of drug-likeness (QED) is 0.708. The number of benzene rings is 2. The number of rotatable bonds is 5. The molecule has 6 nitrogen and oxygen atoms in total. The summed E-state index contributed by atoms with van der Waals surface area (Å²) >= 11 is 0. The van der Waals surface area contributed by atoms with E-state index in [9.17, 15) is 26.4 Å². The maximum atomic E-state index is 13.3. The molecule has 1 aliphatic heterocycles. The minimum Gasteiger partial charge on any atom is -0.497 e. The van der Waals surface area contributed by atoms with Crippen molar-refractivity contribution in [2.75, 3.05) is 24.9 Å². The van der Waals surface area contributed by atoms with Crippen molar-refractivity contribution in [3.8, 4) is 11.5 Å². The molecule has 1 atom stereocenters. The van der Waals surface area contributed by atoms with Crippen LogP contribution in [0.2, 0.25) is 0 Å². The van der Waals surface area contributed by atoms with Gasteiger partial charge < -0.3 is 9.47 Å². The molecule has 2 aromatic rings. The van der Waals surface area contributed by atoms with Crippen LogP contribution in [-0.4, -0.2) is 40.3 Å². The molecule has 0 aliphatic carbocycles. The first-order valence-corrected chi connectivity index (χ1v) is 10.4. The van der Waals surface area contributed by atoms with Crippen LogP contribution in [0.1, 0.15) is 15.9 Å². The van der Waals surface area contributed by atoms with E-state index in [1.165, 1.54) is 44.6 Å². The molecule has 1 heterocycles. The van der Waals surface area contributed by atoms with Crippen molar-refractivity contribution in [2.45, 2.75) is 12.2 Å². The molecule has 0 saturated heterocycles. The van der Waals surface area contributed by atoms with Gasteiger partial charge >= 0.3 is 6.18 Å². The Bertz CT molecular complexity index is 1100. The van der Waals surface area contributed by atoms with Gasteiger partial charge in [0.15, 0.2) is 9.84 Å². The first kappa shape index (κ1) is 21.7. The number of hydrogen-bond acceptors (Lipinski definition) is 5. The highest BCUT2D eigenvalue weighted by Crippen LogP contribution is 2.36. The van der Waals surface area contributed by atoms with Crippen molar-refractivity contribution in [3.05, 3.63) is 65.1 Å². The van der Waals surface area contributed by atoms with Gasteiger partial charge in [-0.25, -0.2) is 8.42 Å². The molecule has 30 heavy (non-hydrogen) atoms. The van der Waals surface area contributed by atoms with Crippen LogP contribution in [0.4, 0.5) is 18.9 Å². The topological polar surface area (TPSA) is 72.9 Å². The second kappa shape index (κ2) is 8.02. The molecular weight excluding hydrogens is 423 g/mol. The highest BCUT2D eigenvalue weighted by atomic mass is 32.2. The Kier molecular flexibility index (Phi) is 5.80. The lowest BCUT2D eigenvalue weighted by Crippen LogP contribution is -2.41. The van der Waals surface area contributed by atoms with Crippen LogP contribution in [0.5, 0.6) is 11.5 Å². The van der Waals surface area contributed by atoms with Gasteiger partial charge in [-0.3, -0.25) is 9.69 Å². The molecule has 160 valence electrons. The maximum absolute atomic E-state index is 13.3. The average Bonchev–Trinajstić information content (AvgIpc) is 3.07. The Morgan fingerprint density at radius 2 is 1.83 bits per heavy atom. The van der Waals surface area contributed by atoms with Crippen molar-refractivity contribution in [1.29, 1.82) is 0 Å². The summed E-state index contributed by atoms with van der Waals surface area (Å²) in [5.41, 5.74) is -1.02. The normalized spacial score (nSPS) is 17.6. The third-order valence-corrected chi connectivity index (χ3v) is 5.92. The molecule has 2 aromatic carbocycles. The zero-order chi connectivity index (χ0) is 22.1. The van der Waals surface area contributed by atoms with Crippen molar-refractivity contribution in [1.82, 2.24) is 0 Å². The standard InChI is InChI=1S/C20H18F3NO5S/c1-28-16-6-7-17(18(11-16)29-2)24(15-8-9-30(26,27)12-15)19(25)13-4-3-5-14(10-13)20(21,22)23/h3-11,15H,12H2,1-2H3/t15-/m1/s1. The lowest BCUT2D eigenvalue weighted by molar-refractivity contribution is -0.137. The van der Waals surface area contributed by atoms with Crippen LogP contribution in [-0.2, 0) is 16.0 Å². The molecule has 0 saturated carbocycles. The second-order valence-electron chi connectivity index (χ2n) is 6.52. The van der Waals surface area contributed by atoms with E-state index in [4.69, 9.17) is 9.47 Å². The number of nitrogens with zero attached hydrogens (tertiary/aromatic N) is 1. The predicted octanol–water partition coefficient (Wildman–Crippen LogP) is 3.68. The molecule has 10 heteroatoms. The molecule has 1 aliphatic rings. The Morgan fingerprint density at radius 3 is 2.40 bits per heavy atom. The van der Waals surface area contributed by atoms with Gasteiger partial charge in [-0.1, -0.05) is 6.07 Å². The summed E-state index contributed by atoms with van der Waals surface area (Å²) in [4.78, 5) is 14.4. The lowest BCUT2D eigenvalue weighted by Gasteiger charge is -2.29. The number of halogens is 3. The molecule has 0 aromatic heterocycles. The van der Waals surface area contributed by atoms with E-state index in [2.05, 4.69) is 0 Å². The van der Waals surface area contributed by atoms with E-state index in [0.29, 0.717) is 5.75 Å². The molecule has 0 bridgehead atoms. The van der Waals surface area contributed by atoms with Crippen LogP contribution >= 0.6 is 0 Å². The Labute approximate surface area is 171 Å². The molecule has 0 unspecified atom stereocenters. The minimum absolute atomic E-state index is 0.201. The lowest BCUT2D eigenvalue weighted by atomic mass is 10.1. The zero-order valence-corrected chi connectivity index (χ0v) is 16.8. The van der Waals surface area contributed by atoms with Crippen LogP contribution < -0.4 is 14.4 Å². The number of carbonyl (C=O) groups excluding carboxylic acids is 1. The van der Waals surface area contributed by atoms with Gasteiger partial charge in [0.2, 0.25) is 0 Å². The van der Waals surface area contributed by atoms with Crippen molar-refractivity contribution >= 4 is 21.4 Å².